The molecule has 0 aromatic heterocycles. The third-order valence-electron chi connectivity index (χ3n) is 3.63. The Bertz CT molecular complexity index is 790. The molecule has 0 bridgehead atoms. The van der Waals surface area contributed by atoms with E-state index in [0.717, 1.165) is 0 Å². The van der Waals surface area contributed by atoms with Gasteiger partial charge in [0.1, 0.15) is 0 Å². The van der Waals surface area contributed by atoms with Crippen molar-refractivity contribution >= 4 is 27.9 Å². The molecule has 3 amide bonds. The molecule has 0 spiro atoms. The van der Waals surface area contributed by atoms with Gasteiger partial charge in [0.15, 0.2) is 6.61 Å². The number of sulfonamides is 1. The van der Waals surface area contributed by atoms with Crippen LogP contribution in [0.2, 0.25) is 0 Å². The van der Waals surface area contributed by atoms with Crippen molar-refractivity contribution < 1.29 is 27.5 Å². The molecule has 9 nitrogen and oxygen atoms in total. The van der Waals surface area contributed by atoms with Crippen molar-refractivity contribution in [3.8, 4) is 0 Å². The second-order valence-corrected chi connectivity index (χ2v) is 8.40. The van der Waals surface area contributed by atoms with Gasteiger partial charge in [0.05, 0.1) is 10.5 Å². The summed E-state index contributed by atoms with van der Waals surface area (Å²) in [6, 6.07) is 4.26. The van der Waals surface area contributed by atoms with Gasteiger partial charge in [0, 0.05) is 12.6 Å². The van der Waals surface area contributed by atoms with Crippen molar-refractivity contribution in [3.05, 3.63) is 29.8 Å². The van der Waals surface area contributed by atoms with E-state index in [9.17, 15) is 22.8 Å². The Balaban J connectivity index is 2.57. The summed E-state index contributed by atoms with van der Waals surface area (Å²) in [5.74, 6) is -1.35. The zero-order valence-electron chi connectivity index (χ0n) is 16.4. The Labute approximate surface area is 165 Å². The molecule has 0 saturated carbocycles. The molecule has 156 valence electrons. The molecule has 1 aromatic carbocycles. The van der Waals surface area contributed by atoms with Gasteiger partial charge in [-0.3, -0.25) is 10.1 Å². The molecule has 10 heteroatoms. The minimum Gasteiger partial charge on any atom is -0.452 e. The van der Waals surface area contributed by atoms with E-state index in [4.69, 9.17) is 4.74 Å². The maximum absolute atomic E-state index is 12.2. The van der Waals surface area contributed by atoms with Gasteiger partial charge in [0.25, 0.3) is 5.91 Å². The van der Waals surface area contributed by atoms with Crippen molar-refractivity contribution in [2.45, 2.75) is 45.1 Å². The molecule has 0 radical (unpaired) electrons. The lowest BCUT2D eigenvalue weighted by Gasteiger charge is -2.12. The van der Waals surface area contributed by atoms with Crippen LogP contribution in [0.5, 0.6) is 0 Å². The SMILES string of the molecule is CC[C@@H](C)NS(=O)(=O)c1ccc(C(=O)OCC(=O)NC(=O)NCC(C)C)cc1. The lowest BCUT2D eigenvalue weighted by molar-refractivity contribution is -0.123. The number of nitrogens with one attached hydrogen (secondary N) is 3. The van der Waals surface area contributed by atoms with Crippen LogP contribution >= 0.6 is 0 Å². The first-order valence-corrected chi connectivity index (χ1v) is 10.4. The summed E-state index contributed by atoms with van der Waals surface area (Å²) >= 11 is 0. The summed E-state index contributed by atoms with van der Waals surface area (Å²) in [6.07, 6.45) is 0.640. The Kier molecular flexibility index (Phi) is 9.07. The highest BCUT2D eigenvalue weighted by Gasteiger charge is 2.18. The van der Waals surface area contributed by atoms with Gasteiger partial charge >= 0.3 is 12.0 Å². The molecule has 0 saturated heterocycles. The minimum atomic E-state index is -3.68. The molecule has 0 aliphatic rings. The molecule has 1 atom stereocenters. The summed E-state index contributed by atoms with van der Waals surface area (Å²) < 4.78 is 31.7. The topological polar surface area (TPSA) is 131 Å². The number of benzene rings is 1. The molecule has 1 rings (SSSR count). The van der Waals surface area contributed by atoms with Gasteiger partial charge in [-0.05, 0) is 43.5 Å². The summed E-state index contributed by atoms with van der Waals surface area (Å²) in [5.41, 5.74) is 0.0829. The van der Waals surface area contributed by atoms with E-state index in [1.54, 1.807) is 6.92 Å². The fourth-order valence-electron chi connectivity index (χ4n) is 1.90. The number of hydrogen-bond acceptors (Lipinski definition) is 6. The van der Waals surface area contributed by atoms with Crippen LogP contribution in [0, 0.1) is 5.92 Å². The van der Waals surface area contributed by atoms with Crippen LogP contribution in [-0.4, -0.2) is 45.5 Å². The molecule has 0 unspecified atom stereocenters. The van der Waals surface area contributed by atoms with E-state index in [0.29, 0.717) is 13.0 Å². The first kappa shape index (κ1) is 23.6. The fraction of sp³-hybridized carbons (Fsp3) is 0.500. The van der Waals surface area contributed by atoms with Crippen LogP contribution < -0.4 is 15.4 Å². The van der Waals surface area contributed by atoms with E-state index >= 15 is 0 Å². The highest BCUT2D eigenvalue weighted by molar-refractivity contribution is 7.89. The van der Waals surface area contributed by atoms with Gasteiger partial charge in [-0.2, -0.15) is 0 Å². The highest BCUT2D eigenvalue weighted by Crippen LogP contribution is 2.12. The van der Waals surface area contributed by atoms with Crippen molar-refractivity contribution in [1.29, 1.82) is 0 Å². The predicted molar refractivity (Wildman–Crippen MR) is 103 cm³/mol. The Morgan fingerprint density at radius 2 is 1.68 bits per heavy atom. The minimum absolute atomic E-state index is 0.0175. The summed E-state index contributed by atoms with van der Waals surface area (Å²) in [4.78, 5) is 35.1. The smallest absolute Gasteiger partial charge is 0.338 e. The van der Waals surface area contributed by atoms with Gasteiger partial charge in [-0.1, -0.05) is 20.8 Å². The zero-order valence-corrected chi connectivity index (χ0v) is 17.3. The average Bonchev–Trinajstić information content (AvgIpc) is 2.64. The third-order valence-corrected chi connectivity index (χ3v) is 5.23. The maximum Gasteiger partial charge on any atom is 0.338 e. The van der Waals surface area contributed by atoms with E-state index in [2.05, 4.69) is 10.0 Å². The summed E-state index contributed by atoms with van der Waals surface area (Å²) in [5, 5.41) is 4.54. The van der Waals surface area contributed by atoms with E-state index in [1.807, 2.05) is 26.1 Å². The van der Waals surface area contributed by atoms with E-state index in [1.165, 1.54) is 24.3 Å². The predicted octanol–water partition coefficient (Wildman–Crippen LogP) is 1.40. The molecule has 28 heavy (non-hydrogen) atoms. The monoisotopic (exact) mass is 413 g/mol. The van der Waals surface area contributed by atoms with Crippen LogP contribution in [0.15, 0.2) is 29.2 Å². The molecule has 0 aliphatic carbocycles. The van der Waals surface area contributed by atoms with E-state index < -0.39 is 34.5 Å². The van der Waals surface area contributed by atoms with E-state index in [-0.39, 0.29) is 22.4 Å². The number of hydrogen-bond donors (Lipinski definition) is 3. The van der Waals surface area contributed by atoms with Crippen LogP contribution in [0.3, 0.4) is 0 Å². The molecule has 0 heterocycles. The number of carbonyl (C=O) groups is 3. The van der Waals surface area contributed by atoms with Gasteiger partial charge in [-0.25, -0.2) is 22.7 Å². The third kappa shape index (κ3) is 8.05. The quantitative estimate of drug-likeness (QED) is 0.525. The fourth-order valence-corrected chi connectivity index (χ4v) is 3.23. The van der Waals surface area contributed by atoms with Gasteiger partial charge < -0.3 is 10.1 Å². The summed E-state index contributed by atoms with van der Waals surface area (Å²) in [7, 11) is -3.68. The van der Waals surface area contributed by atoms with Crippen LogP contribution in [0.1, 0.15) is 44.5 Å². The largest absolute Gasteiger partial charge is 0.452 e. The second-order valence-electron chi connectivity index (χ2n) is 6.68. The number of imide groups is 1. The molecule has 0 fully saturated rings. The first-order chi connectivity index (χ1) is 13.0. The summed E-state index contributed by atoms with van der Waals surface area (Å²) in [6.45, 7) is 7.18. The molecular formula is C18H27N3O6S. The van der Waals surface area contributed by atoms with Crippen molar-refractivity contribution in [2.24, 2.45) is 5.92 Å². The maximum atomic E-state index is 12.2. The van der Waals surface area contributed by atoms with Gasteiger partial charge in [-0.15, -0.1) is 0 Å². The number of esters is 1. The standard InChI is InChI=1S/C18H27N3O6S/c1-5-13(4)21-28(25,26)15-8-6-14(7-9-15)17(23)27-11-16(22)20-18(24)19-10-12(2)3/h6-9,12-13,21H,5,10-11H2,1-4H3,(H2,19,20,22,24)/t13-/m1/s1. The number of amides is 3. The Hall–Kier alpha value is -2.46. The average molecular weight is 413 g/mol. The van der Waals surface area contributed by atoms with Crippen LogP contribution in [-0.2, 0) is 19.6 Å². The van der Waals surface area contributed by atoms with Gasteiger partial charge in [0.2, 0.25) is 10.0 Å². The number of rotatable bonds is 9. The number of ether oxygens (including phenoxy) is 1. The molecule has 1 aromatic rings. The number of carbonyl (C=O) groups excluding carboxylic acids is 3. The zero-order chi connectivity index (χ0) is 21.3. The molecular weight excluding hydrogens is 386 g/mol. The molecule has 3 N–H and O–H groups in total. The molecule has 0 aliphatic heterocycles. The van der Waals surface area contributed by atoms with Crippen molar-refractivity contribution in [3.63, 3.8) is 0 Å². The first-order valence-electron chi connectivity index (χ1n) is 8.92. The normalized spacial score (nSPS) is 12.3. The lowest BCUT2D eigenvalue weighted by Crippen LogP contribution is -2.42. The van der Waals surface area contributed by atoms with Crippen molar-refractivity contribution in [2.75, 3.05) is 13.2 Å². The highest BCUT2D eigenvalue weighted by atomic mass is 32.2. The Morgan fingerprint density at radius 1 is 1.07 bits per heavy atom. The second kappa shape index (κ2) is 10.8. The lowest BCUT2D eigenvalue weighted by atomic mass is 10.2. The van der Waals surface area contributed by atoms with Crippen LogP contribution in [0.25, 0.3) is 0 Å². The van der Waals surface area contributed by atoms with Crippen LogP contribution in [0.4, 0.5) is 4.79 Å². The number of urea groups is 1. The Morgan fingerprint density at radius 3 is 2.21 bits per heavy atom. The van der Waals surface area contributed by atoms with Crippen molar-refractivity contribution in [1.82, 2.24) is 15.4 Å².